The van der Waals surface area contributed by atoms with Crippen molar-refractivity contribution in [3.8, 4) is 11.4 Å². The molecular formula is C14H21N5. The quantitative estimate of drug-likeness (QED) is 0.839. The number of tetrazole rings is 1. The molecule has 0 unspecified atom stereocenters. The Morgan fingerprint density at radius 3 is 2.58 bits per heavy atom. The number of unbranched alkanes of at least 4 members (excludes halogenated alkanes) is 1. The fourth-order valence-electron chi connectivity index (χ4n) is 2.00. The summed E-state index contributed by atoms with van der Waals surface area (Å²) in [5.41, 5.74) is 4.69. The lowest BCUT2D eigenvalue weighted by molar-refractivity contribution is 0.714. The van der Waals surface area contributed by atoms with E-state index in [4.69, 9.17) is 0 Å². The number of hydrogen-bond donors (Lipinski definition) is 1. The van der Waals surface area contributed by atoms with Crippen molar-refractivity contribution in [1.82, 2.24) is 20.2 Å². The largest absolute Gasteiger partial charge is 0.384 e. The van der Waals surface area contributed by atoms with E-state index in [-0.39, 0.29) is 0 Å². The van der Waals surface area contributed by atoms with Crippen LogP contribution >= 0.6 is 0 Å². The summed E-state index contributed by atoms with van der Waals surface area (Å²) in [4.78, 5) is 0. The number of nitrogens with one attached hydrogen (secondary N) is 1. The maximum atomic E-state index is 4.11. The predicted octanol–water partition coefficient (Wildman–Crippen LogP) is 2.71. The summed E-state index contributed by atoms with van der Waals surface area (Å²) < 4.78 is 1.70. The third kappa shape index (κ3) is 2.92. The molecule has 5 nitrogen and oxygen atoms in total. The van der Waals surface area contributed by atoms with Crippen molar-refractivity contribution in [1.29, 1.82) is 0 Å². The highest BCUT2D eigenvalue weighted by molar-refractivity contribution is 5.75. The molecule has 1 aromatic carbocycles. The second-order valence-corrected chi connectivity index (χ2v) is 4.89. The normalized spacial score (nSPS) is 10.7. The average Bonchev–Trinajstić information content (AvgIpc) is 2.80. The van der Waals surface area contributed by atoms with Gasteiger partial charge in [0.2, 0.25) is 0 Å². The molecular weight excluding hydrogens is 238 g/mol. The third-order valence-corrected chi connectivity index (χ3v) is 3.34. The van der Waals surface area contributed by atoms with Crippen LogP contribution in [0, 0.1) is 13.8 Å². The molecule has 0 amide bonds. The molecule has 2 aromatic rings. The van der Waals surface area contributed by atoms with Gasteiger partial charge in [0.05, 0.1) is 0 Å². The van der Waals surface area contributed by atoms with Crippen LogP contribution in [-0.2, 0) is 7.05 Å². The van der Waals surface area contributed by atoms with Crippen LogP contribution in [0.4, 0.5) is 5.69 Å². The van der Waals surface area contributed by atoms with Gasteiger partial charge in [-0.2, -0.15) is 0 Å². The second kappa shape index (κ2) is 5.82. The number of hydrogen-bond acceptors (Lipinski definition) is 4. The van der Waals surface area contributed by atoms with Crippen LogP contribution in [-0.4, -0.2) is 26.8 Å². The lowest BCUT2D eigenvalue weighted by atomic mass is 10.0. The Hall–Kier alpha value is -1.91. The number of rotatable bonds is 5. The molecule has 19 heavy (non-hydrogen) atoms. The first-order chi connectivity index (χ1) is 9.13. The Morgan fingerprint density at radius 2 is 1.95 bits per heavy atom. The monoisotopic (exact) mass is 259 g/mol. The van der Waals surface area contributed by atoms with Crippen molar-refractivity contribution in [2.24, 2.45) is 7.05 Å². The topological polar surface area (TPSA) is 55.6 Å². The summed E-state index contributed by atoms with van der Waals surface area (Å²) in [6.07, 6.45) is 2.34. The highest BCUT2D eigenvalue weighted by Gasteiger charge is 2.12. The van der Waals surface area contributed by atoms with E-state index in [1.807, 2.05) is 7.05 Å². The van der Waals surface area contributed by atoms with Crippen molar-refractivity contribution in [3.05, 3.63) is 23.3 Å². The zero-order valence-electron chi connectivity index (χ0n) is 12.1. The first-order valence-electron chi connectivity index (χ1n) is 6.71. The van der Waals surface area contributed by atoms with Crippen LogP contribution in [0.3, 0.4) is 0 Å². The van der Waals surface area contributed by atoms with Gasteiger partial charge in [0.15, 0.2) is 5.82 Å². The molecule has 0 aliphatic heterocycles. The van der Waals surface area contributed by atoms with Gasteiger partial charge in [0.1, 0.15) is 0 Å². The summed E-state index contributed by atoms with van der Waals surface area (Å²) in [6, 6.07) is 4.32. The zero-order valence-corrected chi connectivity index (χ0v) is 12.1. The standard InChI is InChI=1S/C14H21N5/c1-5-6-7-15-13-9-11(3)10(2)8-12(13)14-16-17-18-19(14)4/h8-9,15H,5-7H2,1-4H3. The Labute approximate surface area is 114 Å². The van der Waals surface area contributed by atoms with Gasteiger partial charge in [-0.15, -0.1) is 5.10 Å². The average molecular weight is 259 g/mol. The van der Waals surface area contributed by atoms with Gasteiger partial charge in [0.25, 0.3) is 0 Å². The molecule has 0 atom stereocenters. The van der Waals surface area contributed by atoms with Gasteiger partial charge in [-0.1, -0.05) is 13.3 Å². The number of aromatic nitrogens is 4. The maximum absolute atomic E-state index is 4.11. The molecule has 0 radical (unpaired) electrons. The van der Waals surface area contributed by atoms with Crippen molar-refractivity contribution in [2.45, 2.75) is 33.6 Å². The molecule has 0 saturated carbocycles. The third-order valence-electron chi connectivity index (χ3n) is 3.34. The van der Waals surface area contributed by atoms with Crippen molar-refractivity contribution < 1.29 is 0 Å². The summed E-state index contributed by atoms with van der Waals surface area (Å²) in [6.45, 7) is 7.39. The lowest BCUT2D eigenvalue weighted by Gasteiger charge is -2.13. The van der Waals surface area contributed by atoms with E-state index in [0.29, 0.717) is 0 Å². The number of benzene rings is 1. The van der Waals surface area contributed by atoms with Crippen molar-refractivity contribution >= 4 is 5.69 Å². The van der Waals surface area contributed by atoms with E-state index in [1.165, 1.54) is 17.5 Å². The molecule has 0 aliphatic rings. The van der Waals surface area contributed by atoms with E-state index < -0.39 is 0 Å². The molecule has 1 aromatic heterocycles. The van der Waals surface area contributed by atoms with Crippen molar-refractivity contribution in [2.75, 3.05) is 11.9 Å². The minimum absolute atomic E-state index is 0.794. The molecule has 0 spiro atoms. The van der Waals surface area contributed by atoms with Crippen LogP contribution in [0.5, 0.6) is 0 Å². The van der Waals surface area contributed by atoms with Gasteiger partial charge >= 0.3 is 0 Å². The molecule has 1 heterocycles. The van der Waals surface area contributed by atoms with E-state index in [1.54, 1.807) is 4.68 Å². The van der Waals surface area contributed by atoms with E-state index >= 15 is 0 Å². The van der Waals surface area contributed by atoms with Gasteiger partial charge < -0.3 is 5.32 Å². The molecule has 102 valence electrons. The van der Waals surface area contributed by atoms with Crippen molar-refractivity contribution in [3.63, 3.8) is 0 Å². The van der Waals surface area contributed by atoms with Gasteiger partial charge in [-0.3, -0.25) is 0 Å². The van der Waals surface area contributed by atoms with Gasteiger partial charge in [-0.05, 0) is 54.0 Å². The van der Waals surface area contributed by atoms with Crippen LogP contribution in [0.1, 0.15) is 30.9 Å². The Morgan fingerprint density at radius 1 is 1.21 bits per heavy atom. The minimum Gasteiger partial charge on any atom is -0.384 e. The number of aryl methyl sites for hydroxylation is 3. The fourth-order valence-corrected chi connectivity index (χ4v) is 2.00. The Balaban J connectivity index is 2.40. The summed E-state index contributed by atoms with van der Waals surface area (Å²) in [5.74, 6) is 0.794. The van der Waals surface area contributed by atoms with E-state index in [0.717, 1.165) is 30.0 Å². The molecule has 0 bridgehead atoms. The van der Waals surface area contributed by atoms with E-state index in [9.17, 15) is 0 Å². The van der Waals surface area contributed by atoms with Gasteiger partial charge in [0, 0.05) is 24.8 Å². The second-order valence-electron chi connectivity index (χ2n) is 4.89. The highest BCUT2D eigenvalue weighted by Crippen LogP contribution is 2.28. The SMILES string of the molecule is CCCCNc1cc(C)c(C)cc1-c1nnnn1C. The van der Waals surface area contributed by atoms with E-state index in [2.05, 4.69) is 53.7 Å². The summed E-state index contributed by atoms with van der Waals surface area (Å²) >= 11 is 0. The molecule has 2 rings (SSSR count). The number of nitrogens with zero attached hydrogens (tertiary/aromatic N) is 4. The fraction of sp³-hybridized carbons (Fsp3) is 0.500. The van der Waals surface area contributed by atoms with Crippen LogP contribution in [0.2, 0.25) is 0 Å². The smallest absolute Gasteiger partial charge is 0.183 e. The van der Waals surface area contributed by atoms with Crippen LogP contribution < -0.4 is 5.32 Å². The number of anilines is 1. The Kier molecular flexibility index (Phi) is 4.14. The molecule has 0 saturated heterocycles. The van der Waals surface area contributed by atoms with Gasteiger partial charge in [-0.25, -0.2) is 4.68 Å². The Bertz CT molecular complexity index is 559. The highest BCUT2D eigenvalue weighted by atomic mass is 15.5. The maximum Gasteiger partial charge on any atom is 0.183 e. The predicted molar refractivity (Wildman–Crippen MR) is 77.1 cm³/mol. The minimum atomic E-state index is 0.794. The summed E-state index contributed by atoms with van der Waals surface area (Å²) in [5, 5.41) is 15.2. The molecule has 0 fully saturated rings. The zero-order chi connectivity index (χ0) is 13.8. The first-order valence-corrected chi connectivity index (χ1v) is 6.71. The van der Waals surface area contributed by atoms with Crippen LogP contribution in [0.15, 0.2) is 12.1 Å². The lowest BCUT2D eigenvalue weighted by Crippen LogP contribution is -2.05. The molecule has 0 aliphatic carbocycles. The molecule has 1 N–H and O–H groups in total. The van der Waals surface area contributed by atoms with Crippen LogP contribution in [0.25, 0.3) is 11.4 Å². The summed E-state index contributed by atoms with van der Waals surface area (Å²) in [7, 11) is 1.86. The first kappa shape index (κ1) is 13.5. The molecule has 5 heteroatoms.